The van der Waals surface area contributed by atoms with E-state index in [-0.39, 0.29) is 5.96 Å². The van der Waals surface area contributed by atoms with Crippen LogP contribution in [0.25, 0.3) is 0 Å². The number of nitrogens with two attached hydrogens (primary N) is 1. The lowest BCUT2D eigenvalue weighted by molar-refractivity contribution is 0.175. The maximum absolute atomic E-state index is 7.18. The molecule has 0 aromatic rings. The van der Waals surface area contributed by atoms with Crippen molar-refractivity contribution in [1.82, 2.24) is 4.90 Å². The van der Waals surface area contributed by atoms with Crippen molar-refractivity contribution in [3.05, 3.63) is 0 Å². The molecule has 0 unspecified atom stereocenters. The van der Waals surface area contributed by atoms with Gasteiger partial charge in [0.05, 0.1) is 6.61 Å². The fraction of sp³-hybridized carbons (Fsp3) is 0.857. The lowest BCUT2D eigenvalue weighted by atomic mass is 10.4. The summed E-state index contributed by atoms with van der Waals surface area (Å²) in [4.78, 5) is 1.80. The molecule has 0 saturated carbocycles. The topological polar surface area (TPSA) is 62.3 Å². The molecule has 4 heteroatoms. The first-order chi connectivity index (χ1) is 5.22. The second-order valence-electron chi connectivity index (χ2n) is 2.37. The number of guanidine groups is 1. The highest BCUT2D eigenvalue weighted by Gasteiger charge is 2.02. The van der Waals surface area contributed by atoms with E-state index < -0.39 is 0 Å². The summed E-state index contributed by atoms with van der Waals surface area (Å²) in [5.41, 5.74) is 5.32. The van der Waals surface area contributed by atoms with Crippen LogP contribution in [0.15, 0.2) is 0 Å². The van der Waals surface area contributed by atoms with E-state index in [2.05, 4.69) is 6.92 Å². The summed E-state index contributed by atoms with van der Waals surface area (Å²) in [7, 11) is 1.64. The third kappa shape index (κ3) is 4.61. The van der Waals surface area contributed by atoms with Crippen molar-refractivity contribution in [2.24, 2.45) is 5.73 Å². The maximum Gasteiger partial charge on any atom is 0.188 e. The van der Waals surface area contributed by atoms with Crippen molar-refractivity contribution in [2.75, 3.05) is 26.8 Å². The van der Waals surface area contributed by atoms with Gasteiger partial charge in [0, 0.05) is 20.2 Å². The summed E-state index contributed by atoms with van der Waals surface area (Å²) < 4.78 is 4.87. The summed E-state index contributed by atoms with van der Waals surface area (Å²) in [5.74, 6) is 0.129. The predicted molar refractivity (Wildman–Crippen MR) is 45.7 cm³/mol. The molecule has 0 spiro atoms. The van der Waals surface area contributed by atoms with E-state index in [1.165, 1.54) is 0 Å². The molecular formula is C7H17N3O. The highest BCUT2D eigenvalue weighted by atomic mass is 16.5. The molecule has 11 heavy (non-hydrogen) atoms. The summed E-state index contributed by atoms with van der Waals surface area (Å²) in [5, 5.41) is 7.18. The van der Waals surface area contributed by atoms with Crippen LogP contribution in [0.4, 0.5) is 0 Å². The summed E-state index contributed by atoms with van der Waals surface area (Å²) in [6.07, 6.45) is 1.00. The van der Waals surface area contributed by atoms with Crippen molar-refractivity contribution in [3.63, 3.8) is 0 Å². The zero-order chi connectivity index (χ0) is 8.69. The zero-order valence-electron chi connectivity index (χ0n) is 7.26. The highest BCUT2D eigenvalue weighted by Crippen LogP contribution is 1.89. The van der Waals surface area contributed by atoms with Gasteiger partial charge in [-0.05, 0) is 6.42 Å². The SMILES string of the molecule is CCCN(CCOC)C(=N)N. The standard InChI is InChI=1S/C7H17N3O/c1-3-4-10(7(8)9)5-6-11-2/h3-6H2,1-2H3,(H3,8,9). The lowest BCUT2D eigenvalue weighted by Gasteiger charge is -2.20. The van der Waals surface area contributed by atoms with E-state index >= 15 is 0 Å². The van der Waals surface area contributed by atoms with Gasteiger partial charge in [-0.2, -0.15) is 0 Å². The molecule has 0 fully saturated rings. The Morgan fingerprint density at radius 2 is 2.18 bits per heavy atom. The van der Waals surface area contributed by atoms with Crippen molar-refractivity contribution >= 4 is 5.96 Å². The normalized spacial score (nSPS) is 9.64. The van der Waals surface area contributed by atoms with E-state index in [4.69, 9.17) is 15.9 Å². The van der Waals surface area contributed by atoms with E-state index in [0.717, 1.165) is 13.0 Å². The first-order valence-corrected chi connectivity index (χ1v) is 3.80. The third-order valence-corrected chi connectivity index (χ3v) is 1.40. The molecule has 0 aromatic heterocycles. The fourth-order valence-corrected chi connectivity index (χ4v) is 0.824. The number of rotatable bonds is 5. The number of hydrogen-bond donors (Lipinski definition) is 2. The fourth-order valence-electron chi connectivity index (χ4n) is 0.824. The molecule has 0 bridgehead atoms. The van der Waals surface area contributed by atoms with Gasteiger partial charge in [0.2, 0.25) is 0 Å². The molecular weight excluding hydrogens is 142 g/mol. The van der Waals surface area contributed by atoms with Crippen molar-refractivity contribution in [2.45, 2.75) is 13.3 Å². The second-order valence-corrected chi connectivity index (χ2v) is 2.37. The summed E-state index contributed by atoms with van der Waals surface area (Å²) >= 11 is 0. The summed E-state index contributed by atoms with van der Waals surface area (Å²) in [6, 6.07) is 0. The van der Waals surface area contributed by atoms with Crippen LogP contribution in [0.2, 0.25) is 0 Å². The molecule has 0 amide bonds. The lowest BCUT2D eigenvalue weighted by Crippen LogP contribution is -2.39. The molecule has 0 aliphatic heterocycles. The number of hydrogen-bond acceptors (Lipinski definition) is 2. The first-order valence-electron chi connectivity index (χ1n) is 3.80. The largest absolute Gasteiger partial charge is 0.383 e. The van der Waals surface area contributed by atoms with Gasteiger partial charge in [-0.25, -0.2) is 0 Å². The Hall–Kier alpha value is -0.770. The molecule has 0 rings (SSSR count). The molecule has 4 nitrogen and oxygen atoms in total. The molecule has 0 saturated heterocycles. The van der Waals surface area contributed by atoms with Crippen LogP contribution in [0.5, 0.6) is 0 Å². The van der Waals surface area contributed by atoms with Gasteiger partial charge in [-0.1, -0.05) is 6.92 Å². The maximum atomic E-state index is 7.18. The Morgan fingerprint density at radius 3 is 2.55 bits per heavy atom. The minimum absolute atomic E-state index is 0.129. The molecule has 0 radical (unpaired) electrons. The van der Waals surface area contributed by atoms with Crippen LogP contribution in [-0.2, 0) is 4.74 Å². The van der Waals surface area contributed by atoms with Gasteiger partial charge in [0.25, 0.3) is 0 Å². The quantitative estimate of drug-likeness (QED) is 0.446. The second kappa shape index (κ2) is 5.97. The first kappa shape index (κ1) is 10.2. The molecule has 0 aromatic carbocycles. The van der Waals surface area contributed by atoms with E-state index in [9.17, 15) is 0 Å². The summed E-state index contributed by atoms with van der Waals surface area (Å²) in [6.45, 7) is 4.22. The van der Waals surface area contributed by atoms with Crippen molar-refractivity contribution in [3.8, 4) is 0 Å². The van der Waals surface area contributed by atoms with Crippen LogP contribution in [0, 0.1) is 5.41 Å². The molecule has 3 N–H and O–H groups in total. The zero-order valence-corrected chi connectivity index (χ0v) is 7.26. The van der Waals surface area contributed by atoms with Gasteiger partial charge < -0.3 is 15.4 Å². The molecule has 0 aliphatic carbocycles. The monoisotopic (exact) mass is 159 g/mol. The van der Waals surface area contributed by atoms with Gasteiger partial charge >= 0.3 is 0 Å². The van der Waals surface area contributed by atoms with Crippen molar-refractivity contribution in [1.29, 1.82) is 5.41 Å². The van der Waals surface area contributed by atoms with Crippen LogP contribution in [0.1, 0.15) is 13.3 Å². The smallest absolute Gasteiger partial charge is 0.188 e. The molecule has 66 valence electrons. The Bertz CT molecular complexity index is 116. The van der Waals surface area contributed by atoms with Crippen LogP contribution in [-0.4, -0.2) is 37.7 Å². The van der Waals surface area contributed by atoms with Crippen molar-refractivity contribution < 1.29 is 4.74 Å². The van der Waals surface area contributed by atoms with Crippen LogP contribution in [0.3, 0.4) is 0 Å². The van der Waals surface area contributed by atoms with E-state index in [0.29, 0.717) is 13.2 Å². The van der Waals surface area contributed by atoms with E-state index in [1.54, 1.807) is 12.0 Å². The van der Waals surface area contributed by atoms with Gasteiger partial charge in [-0.3, -0.25) is 5.41 Å². The highest BCUT2D eigenvalue weighted by molar-refractivity contribution is 5.74. The average molecular weight is 159 g/mol. The van der Waals surface area contributed by atoms with Gasteiger partial charge in [-0.15, -0.1) is 0 Å². The number of ether oxygens (including phenoxy) is 1. The Balaban J connectivity index is 3.60. The third-order valence-electron chi connectivity index (χ3n) is 1.40. The Kier molecular flexibility index (Phi) is 5.56. The molecule has 0 heterocycles. The van der Waals surface area contributed by atoms with Gasteiger partial charge in [0.1, 0.15) is 0 Å². The Labute approximate surface area is 67.8 Å². The number of nitrogens with zero attached hydrogens (tertiary/aromatic N) is 1. The van der Waals surface area contributed by atoms with Gasteiger partial charge in [0.15, 0.2) is 5.96 Å². The minimum Gasteiger partial charge on any atom is -0.383 e. The van der Waals surface area contributed by atoms with Crippen LogP contribution >= 0.6 is 0 Å². The average Bonchev–Trinajstić information content (AvgIpc) is 1.97. The Morgan fingerprint density at radius 1 is 1.55 bits per heavy atom. The predicted octanol–water partition coefficient (Wildman–Crippen LogP) is 0.238. The van der Waals surface area contributed by atoms with Crippen LogP contribution < -0.4 is 5.73 Å². The number of methoxy groups -OCH3 is 1. The minimum atomic E-state index is 0.129. The molecule has 0 aliphatic rings. The van der Waals surface area contributed by atoms with E-state index in [1.807, 2.05) is 0 Å². The number of nitrogens with one attached hydrogen (secondary N) is 1. The molecule has 0 atom stereocenters.